The van der Waals surface area contributed by atoms with Crippen LogP contribution in [0.25, 0.3) is 0 Å². The number of aromatic hydroxyl groups is 1. The van der Waals surface area contributed by atoms with E-state index in [0.29, 0.717) is 24.7 Å². The van der Waals surface area contributed by atoms with Crippen LogP contribution in [0, 0.1) is 6.92 Å². The van der Waals surface area contributed by atoms with Crippen molar-refractivity contribution in [3.05, 3.63) is 47.2 Å². The highest BCUT2D eigenvalue weighted by atomic mass is 16.4. The molecule has 2 aromatic rings. The van der Waals surface area contributed by atoms with E-state index in [2.05, 4.69) is 10.3 Å². The molecule has 1 aromatic heterocycles. The Morgan fingerprint density at radius 1 is 1.33 bits per heavy atom. The molecule has 0 spiro atoms. The molecule has 1 aromatic carbocycles. The van der Waals surface area contributed by atoms with Crippen LogP contribution >= 0.6 is 0 Å². The summed E-state index contributed by atoms with van der Waals surface area (Å²) in [6, 6.07) is 5.73. The number of hydrogen-bond acceptors (Lipinski definition) is 4. The summed E-state index contributed by atoms with van der Waals surface area (Å²) in [5.74, 6) is 1.93. The molecule has 0 aliphatic heterocycles. The lowest BCUT2D eigenvalue weighted by Crippen LogP contribution is -2.13. The van der Waals surface area contributed by atoms with E-state index in [4.69, 9.17) is 4.42 Å². The highest BCUT2D eigenvalue weighted by molar-refractivity contribution is 5.39. The van der Waals surface area contributed by atoms with Crippen LogP contribution in [-0.4, -0.2) is 10.1 Å². The minimum Gasteiger partial charge on any atom is -0.507 e. The smallest absolute Gasteiger partial charge is 0.208 e. The van der Waals surface area contributed by atoms with Crippen LogP contribution in [0.15, 0.2) is 28.8 Å². The molecule has 0 aliphatic carbocycles. The van der Waals surface area contributed by atoms with Crippen molar-refractivity contribution in [2.24, 2.45) is 0 Å². The summed E-state index contributed by atoms with van der Waals surface area (Å²) in [5, 5.41) is 13.1. The van der Waals surface area contributed by atoms with Crippen LogP contribution < -0.4 is 5.32 Å². The molecule has 18 heavy (non-hydrogen) atoms. The SMILES string of the molecule is CCc1cnc(CNCc2cccc(C)c2O)o1. The summed E-state index contributed by atoms with van der Waals surface area (Å²) < 4.78 is 5.49. The summed E-state index contributed by atoms with van der Waals surface area (Å²) in [5.41, 5.74) is 1.77. The third kappa shape index (κ3) is 2.90. The first kappa shape index (κ1) is 12.6. The largest absolute Gasteiger partial charge is 0.507 e. The molecule has 0 saturated heterocycles. The number of phenolic OH excluding ortho intramolecular Hbond substituents is 1. The number of benzene rings is 1. The maximum Gasteiger partial charge on any atom is 0.208 e. The van der Waals surface area contributed by atoms with Gasteiger partial charge in [-0.2, -0.15) is 0 Å². The maximum atomic E-state index is 9.86. The van der Waals surface area contributed by atoms with Gasteiger partial charge in [0.1, 0.15) is 11.5 Å². The first-order valence-electron chi connectivity index (χ1n) is 6.12. The topological polar surface area (TPSA) is 58.3 Å². The fraction of sp³-hybridized carbons (Fsp3) is 0.357. The molecule has 0 aliphatic rings. The molecule has 4 heteroatoms. The molecule has 1 heterocycles. The summed E-state index contributed by atoms with van der Waals surface area (Å²) in [6.07, 6.45) is 2.60. The van der Waals surface area contributed by atoms with Crippen LogP contribution in [0.3, 0.4) is 0 Å². The Kier molecular flexibility index (Phi) is 3.99. The fourth-order valence-electron chi connectivity index (χ4n) is 1.76. The summed E-state index contributed by atoms with van der Waals surface area (Å²) >= 11 is 0. The second-order valence-electron chi connectivity index (χ2n) is 4.26. The van der Waals surface area contributed by atoms with Crippen molar-refractivity contribution in [2.75, 3.05) is 0 Å². The van der Waals surface area contributed by atoms with E-state index in [-0.39, 0.29) is 0 Å². The van der Waals surface area contributed by atoms with Gasteiger partial charge in [0.05, 0.1) is 12.7 Å². The van der Waals surface area contributed by atoms with E-state index in [9.17, 15) is 5.11 Å². The molecule has 96 valence electrons. The summed E-state index contributed by atoms with van der Waals surface area (Å²) in [4.78, 5) is 4.17. The average Bonchev–Trinajstić information content (AvgIpc) is 2.82. The number of aromatic nitrogens is 1. The molecule has 0 saturated carbocycles. The second-order valence-corrected chi connectivity index (χ2v) is 4.26. The molecule has 0 fully saturated rings. The molecule has 0 bridgehead atoms. The normalized spacial score (nSPS) is 10.8. The monoisotopic (exact) mass is 246 g/mol. The van der Waals surface area contributed by atoms with Crippen molar-refractivity contribution < 1.29 is 9.52 Å². The van der Waals surface area contributed by atoms with Crippen molar-refractivity contribution in [3.8, 4) is 5.75 Å². The molecule has 0 unspecified atom stereocenters. The number of rotatable bonds is 5. The molecule has 2 rings (SSSR count). The standard InChI is InChI=1S/C14H18N2O2/c1-3-12-8-16-13(18-12)9-15-7-11-6-4-5-10(2)14(11)17/h4-6,8,15,17H,3,7,9H2,1-2H3. The molecule has 2 N–H and O–H groups in total. The minimum absolute atomic E-state index is 0.353. The van der Waals surface area contributed by atoms with Crippen molar-refractivity contribution >= 4 is 0 Å². The zero-order valence-electron chi connectivity index (χ0n) is 10.7. The van der Waals surface area contributed by atoms with E-state index in [1.807, 2.05) is 32.0 Å². The number of phenols is 1. The molecular formula is C14H18N2O2. The lowest BCUT2D eigenvalue weighted by Gasteiger charge is -2.07. The van der Waals surface area contributed by atoms with Crippen molar-refractivity contribution in [1.82, 2.24) is 10.3 Å². The third-order valence-electron chi connectivity index (χ3n) is 2.86. The first-order valence-corrected chi connectivity index (χ1v) is 6.12. The molecular weight excluding hydrogens is 228 g/mol. The van der Waals surface area contributed by atoms with Crippen molar-refractivity contribution in [2.45, 2.75) is 33.4 Å². The molecule has 0 amide bonds. The van der Waals surface area contributed by atoms with Gasteiger partial charge >= 0.3 is 0 Å². The maximum absolute atomic E-state index is 9.86. The van der Waals surface area contributed by atoms with E-state index >= 15 is 0 Å². The Bertz CT molecular complexity index is 520. The van der Waals surface area contributed by atoms with Crippen LogP contribution in [0.1, 0.15) is 29.7 Å². The Morgan fingerprint density at radius 3 is 2.89 bits per heavy atom. The summed E-state index contributed by atoms with van der Waals surface area (Å²) in [7, 11) is 0. The molecule has 0 radical (unpaired) electrons. The number of hydrogen-bond donors (Lipinski definition) is 2. The van der Waals surface area contributed by atoms with Gasteiger partial charge in [0.2, 0.25) is 5.89 Å². The Morgan fingerprint density at radius 2 is 2.17 bits per heavy atom. The molecule has 0 atom stereocenters. The third-order valence-corrected chi connectivity index (χ3v) is 2.86. The van der Waals surface area contributed by atoms with E-state index in [1.165, 1.54) is 0 Å². The predicted molar refractivity (Wildman–Crippen MR) is 69.3 cm³/mol. The Hall–Kier alpha value is -1.81. The average molecular weight is 246 g/mol. The summed E-state index contributed by atoms with van der Waals surface area (Å²) in [6.45, 7) is 5.08. The van der Waals surface area contributed by atoms with Crippen LogP contribution in [0.4, 0.5) is 0 Å². The van der Waals surface area contributed by atoms with E-state index in [0.717, 1.165) is 23.3 Å². The van der Waals surface area contributed by atoms with Gasteiger partial charge in [0.15, 0.2) is 0 Å². The quantitative estimate of drug-likeness (QED) is 0.851. The number of aryl methyl sites for hydroxylation is 2. The van der Waals surface area contributed by atoms with Crippen LogP contribution in [0.2, 0.25) is 0 Å². The second kappa shape index (κ2) is 5.69. The Labute approximate surface area is 107 Å². The highest BCUT2D eigenvalue weighted by Crippen LogP contribution is 2.21. The van der Waals surface area contributed by atoms with Crippen LogP contribution in [-0.2, 0) is 19.5 Å². The molecule has 4 nitrogen and oxygen atoms in total. The van der Waals surface area contributed by atoms with Gasteiger partial charge in [-0.05, 0) is 12.5 Å². The number of nitrogens with one attached hydrogen (secondary N) is 1. The van der Waals surface area contributed by atoms with Crippen LogP contribution in [0.5, 0.6) is 5.75 Å². The predicted octanol–water partition coefficient (Wildman–Crippen LogP) is 2.54. The van der Waals surface area contributed by atoms with Gasteiger partial charge in [-0.15, -0.1) is 0 Å². The van der Waals surface area contributed by atoms with Crippen molar-refractivity contribution in [3.63, 3.8) is 0 Å². The Balaban J connectivity index is 1.90. The minimum atomic E-state index is 0.353. The number of para-hydroxylation sites is 1. The first-order chi connectivity index (χ1) is 8.70. The van der Waals surface area contributed by atoms with Crippen molar-refractivity contribution in [1.29, 1.82) is 0 Å². The van der Waals surface area contributed by atoms with Gasteiger partial charge < -0.3 is 14.8 Å². The number of nitrogens with zero attached hydrogens (tertiary/aromatic N) is 1. The lowest BCUT2D eigenvalue weighted by molar-refractivity contribution is 0.432. The van der Waals surface area contributed by atoms with E-state index < -0.39 is 0 Å². The van der Waals surface area contributed by atoms with Gasteiger partial charge in [-0.3, -0.25) is 0 Å². The number of oxazole rings is 1. The van der Waals surface area contributed by atoms with Gasteiger partial charge in [0, 0.05) is 18.5 Å². The van der Waals surface area contributed by atoms with E-state index in [1.54, 1.807) is 6.20 Å². The van der Waals surface area contributed by atoms with Gasteiger partial charge in [-0.25, -0.2) is 4.98 Å². The highest BCUT2D eigenvalue weighted by Gasteiger charge is 2.05. The zero-order valence-corrected chi connectivity index (χ0v) is 10.7. The zero-order chi connectivity index (χ0) is 13.0. The lowest BCUT2D eigenvalue weighted by atomic mass is 10.1. The fourth-order valence-corrected chi connectivity index (χ4v) is 1.76. The van der Waals surface area contributed by atoms with Gasteiger partial charge in [-0.1, -0.05) is 25.1 Å². The van der Waals surface area contributed by atoms with Gasteiger partial charge in [0.25, 0.3) is 0 Å².